The van der Waals surface area contributed by atoms with Gasteiger partial charge in [-0.3, -0.25) is 4.79 Å². The van der Waals surface area contributed by atoms with Gasteiger partial charge in [-0.25, -0.2) is 0 Å². The zero-order chi connectivity index (χ0) is 14.4. The van der Waals surface area contributed by atoms with Gasteiger partial charge < -0.3 is 10.4 Å². The van der Waals surface area contributed by atoms with Gasteiger partial charge in [-0.2, -0.15) is 0 Å². The summed E-state index contributed by atoms with van der Waals surface area (Å²) in [5.74, 6) is -0.134. The Balaban J connectivity index is 1.67. The molecule has 3 heteroatoms. The van der Waals surface area contributed by atoms with E-state index < -0.39 is 5.97 Å². The SMILES string of the molecule is CC(CNC1CCC(C(=O)O)CC1)Cc1ccccc1. The molecular weight excluding hydrogens is 250 g/mol. The van der Waals surface area contributed by atoms with E-state index in [0.29, 0.717) is 12.0 Å². The Hall–Kier alpha value is -1.35. The summed E-state index contributed by atoms with van der Waals surface area (Å²) in [6, 6.07) is 11.1. The van der Waals surface area contributed by atoms with Gasteiger partial charge in [0.1, 0.15) is 0 Å². The van der Waals surface area contributed by atoms with E-state index in [1.165, 1.54) is 5.56 Å². The average molecular weight is 275 g/mol. The highest BCUT2D eigenvalue weighted by Crippen LogP contribution is 2.24. The van der Waals surface area contributed by atoms with Crippen LogP contribution in [0.3, 0.4) is 0 Å². The molecule has 1 fully saturated rings. The van der Waals surface area contributed by atoms with Crippen LogP contribution in [0, 0.1) is 11.8 Å². The summed E-state index contributed by atoms with van der Waals surface area (Å²) < 4.78 is 0. The average Bonchev–Trinajstić information content (AvgIpc) is 2.46. The third-order valence-corrected chi connectivity index (χ3v) is 4.26. The first-order chi connectivity index (χ1) is 9.65. The standard InChI is InChI=1S/C17H25NO2/c1-13(11-14-5-3-2-4-6-14)12-18-16-9-7-15(8-10-16)17(19)20/h2-6,13,15-16,18H,7-12H2,1H3,(H,19,20). The van der Waals surface area contributed by atoms with Crippen molar-refractivity contribution in [1.29, 1.82) is 0 Å². The third-order valence-electron chi connectivity index (χ3n) is 4.26. The van der Waals surface area contributed by atoms with Crippen molar-refractivity contribution in [1.82, 2.24) is 5.32 Å². The molecule has 1 aromatic carbocycles. The topological polar surface area (TPSA) is 49.3 Å². The lowest BCUT2D eigenvalue weighted by Gasteiger charge is -2.28. The number of benzene rings is 1. The minimum atomic E-state index is -0.624. The lowest BCUT2D eigenvalue weighted by atomic mass is 9.86. The minimum absolute atomic E-state index is 0.116. The van der Waals surface area contributed by atoms with Gasteiger partial charge in [0.2, 0.25) is 0 Å². The zero-order valence-corrected chi connectivity index (χ0v) is 12.2. The van der Waals surface area contributed by atoms with Gasteiger partial charge in [-0.05, 0) is 50.1 Å². The van der Waals surface area contributed by atoms with Crippen molar-refractivity contribution in [3.8, 4) is 0 Å². The highest BCUT2D eigenvalue weighted by Gasteiger charge is 2.25. The zero-order valence-electron chi connectivity index (χ0n) is 12.2. The number of aliphatic carboxylic acids is 1. The Morgan fingerprint density at radius 1 is 1.25 bits per heavy atom. The first-order valence-corrected chi connectivity index (χ1v) is 7.65. The van der Waals surface area contributed by atoms with Gasteiger partial charge in [0, 0.05) is 6.04 Å². The van der Waals surface area contributed by atoms with Gasteiger partial charge in [0.25, 0.3) is 0 Å². The molecule has 1 saturated carbocycles. The molecule has 1 atom stereocenters. The van der Waals surface area contributed by atoms with E-state index >= 15 is 0 Å². The molecule has 0 spiro atoms. The summed E-state index contributed by atoms with van der Waals surface area (Å²) in [5.41, 5.74) is 1.39. The van der Waals surface area contributed by atoms with Crippen molar-refractivity contribution >= 4 is 5.97 Å². The van der Waals surface area contributed by atoms with Crippen LogP contribution in [0.2, 0.25) is 0 Å². The first-order valence-electron chi connectivity index (χ1n) is 7.65. The van der Waals surface area contributed by atoms with Crippen LogP contribution in [0.1, 0.15) is 38.2 Å². The molecule has 2 N–H and O–H groups in total. The van der Waals surface area contributed by atoms with E-state index in [4.69, 9.17) is 5.11 Å². The molecule has 110 valence electrons. The molecule has 0 aliphatic heterocycles. The lowest BCUT2D eigenvalue weighted by Crippen LogP contribution is -2.37. The fourth-order valence-corrected chi connectivity index (χ4v) is 3.00. The monoisotopic (exact) mass is 275 g/mol. The van der Waals surface area contributed by atoms with Crippen LogP contribution in [0.25, 0.3) is 0 Å². The Bertz CT molecular complexity index is 410. The highest BCUT2D eigenvalue weighted by atomic mass is 16.4. The van der Waals surface area contributed by atoms with Crippen molar-refractivity contribution < 1.29 is 9.90 Å². The first kappa shape index (κ1) is 15.0. The van der Waals surface area contributed by atoms with E-state index in [2.05, 4.69) is 36.5 Å². The molecule has 0 saturated heterocycles. The number of nitrogens with one attached hydrogen (secondary N) is 1. The van der Waals surface area contributed by atoms with E-state index in [9.17, 15) is 4.79 Å². The summed E-state index contributed by atoms with van der Waals surface area (Å²) in [7, 11) is 0. The largest absolute Gasteiger partial charge is 0.481 e. The quantitative estimate of drug-likeness (QED) is 0.838. The van der Waals surface area contributed by atoms with Crippen LogP contribution in [0.4, 0.5) is 0 Å². The molecule has 1 aliphatic rings. The van der Waals surface area contributed by atoms with Crippen LogP contribution in [-0.4, -0.2) is 23.7 Å². The molecule has 20 heavy (non-hydrogen) atoms. The number of carboxylic acid groups (broad SMARTS) is 1. The molecule has 2 rings (SSSR count). The molecular formula is C17H25NO2. The molecule has 1 aromatic rings. The molecule has 0 heterocycles. The number of hydrogen-bond acceptors (Lipinski definition) is 2. The molecule has 3 nitrogen and oxygen atoms in total. The summed E-state index contributed by atoms with van der Waals surface area (Å²) in [4.78, 5) is 10.9. The number of hydrogen-bond donors (Lipinski definition) is 2. The molecule has 0 aromatic heterocycles. The lowest BCUT2D eigenvalue weighted by molar-refractivity contribution is -0.142. The summed E-state index contributed by atoms with van der Waals surface area (Å²) >= 11 is 0. The normalized spacial score (nSPS) is 24.2. The van der Waals surface area contributed by atoms with E-state index in [-0.39, 0.29) is 5.92 Å². The number of rotatable bonds is 6. The molecule has 0 bridgehead atoms. The second-order valence-electron chi connectivity index (χ2n) is 6.09. The van der Waals surface area contributed by atoms with Gasteiger partial charge in [0.05, 0.1) is 5.92 Å². The summed E-state index contributed by atoms with van der Waals surface area (Å²) in [5, 5.41) is 12.6. The van der Waals surface area contributed by atoms with Crippen LogP contribution >= 0.6 is 0 Å². The Kier molecular flexibility index (Phi) is 5.60. The maximum atomic E-state index is 10.9. The van der Waals surface area contributed by atoms with Crippen LogP contribution in [0.5, 0.6) is 0 Å². The minimum Gasteiger partial charge on any atom is -0.481 e. The van der Waals surface area contributed by atoms with Crippen LogP contribution in [-0.2, 0) is 11.2 Å². The smallest absolute Gasteiger partial charge is 0.306 e. The predicted octanol–water partition coefficient (Wildman–Crippen LogP) is 3.10. The maximum Gasteiger partial charge on any atom is 0.306 e. The van der Waals surface area contributed by atoms with Gasteiger partial charge in [0.15, 0.2) is 0 Å². The second kappa shape index (κ2) is 7.44. The van der Waals surface area contributed by atoms with E-state index in [1.807, 2.05) is 6.07 Å². The summed E-state index contributed by atoms with van der Waals surface area (Å²) in [6.45, 7) is 3.28. The maximum absolute atomic E-state index is 10.9. The molecule has 1 unspecified atom stereocenters. The highest BCUT2D eigenvalue weighted by molar-refractivity contribution is 5.70. The van der Waals surface area contributed by atoms with Crippen molar-refractivity contribution in [2.75, 3.05) is 6.54 Å². The fourth-order valence-electron chi connectivity index (χ4n) is 3.00. The Morgan fingerprint density at radius 2 is 1.90 bits per heavy atom. The fraction of sp³-hybridized carbons (Fsp3) is 0.588. The van der Waals surface area contributed by atoms with Gasteiger partial charge in [-0.15, -0.1) is 0 Å². The molecule has 0 amide bonds. The van der Waals surface area contributed by atoms with Gasteiger partial charge in [-0.1, -0.05) is 37.3 Å². The van der Waals surface area contributed by atoms with Crippen molar-refractivity contribution in [2.45, 2.75) is 45.1 Å². The van der Waals surface area contributed by atoms with Crippen LogP contribution < -0.4 is 5.32 Å². The Labute approximate surface area is 121 Å². The second-order valence-corrected chi connectivity index (χ2v) is 6.09. The third kappa shape index (κ3) is 4.64. The van der Waals surface area contributed by atoms with E-state index in [1.54, 1.807) is 0 Å². The number of carboxylic acids is 1. The van der Waals surface area contributed by atoms with Crippen molar-refractivity contribution in [3.63, 3.8) is 0 Å². The molecule has 0 radical (unpaired) electrons. The molecule has 1 aliphatic carbocycles. The van der Waals surface area contributed by atoms with E-state index in [0.717, 1.165) is 38.6 Å². The predicted molar refractivity (Wildman–Crippen MR) is 80.7 cm³/mol. The van der Waals surface area contributed by atoms with Gasteiger partial charge >= 0.3 is 5.97 Å². The number of carbonyl (C=O) groups is 1. The van der Waals surface area contributed by atoms with Crippen molar-refractivity contribution in [2.24, 2.45) is 11.8 Å². The Morgan fingerprint density at radius 3 is 2.50 bits per heavy atom. The van der Waals surface area contributed by atoms with Crippen molar-refractivity contribution in [3.05, 3.63) is 35.9 Å². The van der Waals surface area contributed by atoms with Crippen LogP contribution in [0.15, 0.2) is 30.3 Å². The summed E-state index contributed by atoms with van der Waals surface area (Å²) in [6.07, 6.45) is 4.72.